The Bertz CT molecular complexity index is 1060. The Morgan fingerprint density at radius 2 is 1.85 bits per heavy atom. The molecule has 0 bridgehead atoms. The number of fused-ring (bicyclic) bond motifs is 2. The monoisotopic (exact) mass is 391 g/mol. The summed E-state index contributed by atoms with van der Waals surface area (Å²) in [6.07, 6.45) is 3.29. The Morgan fingerprint density at radius 3 is 2.69 bits per heavy atom. The van der Waals surface area contributed by atoms with Gasteiger partial charge in [0.05, 0.1) is 11.2 Å². The number of benzene rings is 1. The maximum atomic E-state index is 12.3. The molecule has 4 rings (SSSR count). The molecular formula is C17H15Cl2N5O2. The maximum absolute atomic E-state index is 12.3. The fourth-order valence-corrected chi connectivity index (χ4v) is 2.48. The zero-order valence-electron chi connectivity index (χ0n) is 13.6. The highest BCUT2D eigenvalue weighted by Crippen LogP contribution is 2.21. The number of carbonyl (C=O) groups excluding carboxylic acids is 1. The lowest BCUT2D eigenvalue weighted by Crippen LogP contribution is -2.19. The highest BCUT2D eigenvalue weighted by atomic mass is 35.5. The predicted octanol–water partition coefficient (Wildman–Crippen LogP) is 4.57. The molecule has 0 radical (unpaired) electrons. The third-order valence-corrected chi connectivity index (χ3v) is 3.50. The minimum atomic E-state index is -0.372. The van der Waals surface area contributed by atoms with Gasteiger partial charge in [-0.25, -0.2) is 9.78 Å². The summed E-state index contributed by atoms with van der Waals surface area (Å²) in [5.74, 6) is 0.584. The van der Waals surface area contributed by atoms with Gasteiger partial charge in [-0.2, -0.15) is 0 Å². The highest BCUT2D eigenvalue weighted by Gasteiger charge is 2.09. The van der Waals surface area contributed by atoms with Crippen LogP contribution in [0.4, 0.5) is 16.2 Å². The van der Waals surface area contributed by atoms with Crippen molar-refractivity contribution in [1.29, 1.82) is 0 Å². The number of rotatable bonds is 2. The number of oxazole rings is 1. The number of hydrogen-bond donors (Lipinski definition) is 2. The smallest absolute Gasteiger partial charge is 0.323 e. The molecule has 0 aliphatic rings. The molecule has 0 aliphatic carbocycles. The molecule has 7 nitrogen and oxygen atoms in total. The average molecular weight is 392 g/mol. The summed E-state index contributed by atoms with van der Waals surface area (Å²) in [6.45, 7) is 1.78. The van der Waals surface area contributed by atoms with Crippen molar-refractivity contribution in [3.63, 3.8) is 0 Å². The molecule has 0 unspecified atom stereocenters. The van der Waals surface area contributed by atoms with E-state index in [9.17, 15) is 4.79 Å². The van der Waals surface area contributed by atoms with Gasteiger partial charge in [0.15, 0.2) is 11.5 Å². The van der Waals surface area contributed by atoms with Crippen LogP contribution in [-0.4, -0.2) is 21.0 Å². The van der Waals surface area contributed by atoms with Crippen LogP contribution in [0.5, 0.6) is 0 Å². The molecule has 3 aromatic heterocycles. The van der Waals surface area contributed by atoms with Gasteiger partial charge in [0.2, 0.25) is 0 Å². The van der Waals surface area contributed by atoms with E-state index in [1.54, 1.807) is 49.6 Å². The molecule has 2 N–H and O–H groups in total. The highest BCUT2D eigenvalue weighted by molar-refractivity contribution is 6.04. The largest absolute Gasteiger partial charge is 0.441 e. The summed E-state index contributed by atoms with van der Waals surface area (Å²) in [5.41, 5.74) is 3.94. The van der Waals surface area contributed by atoms with Crippen molar-refractivity contribution >= 4 is 64.4 Å². The van der Waals surface area contributed by atoms with Crippen LogP contribution < -0.4 is 10.6 Å². The molecule has 2 amide bonds. The van der Waals surface area contributed by atoms with Gasteiger partial charge in [-0.15, -0.1) is 24.8 Å². The van der Waals surface area contributed by atoms with Crippen LogP contribution in [0.25, 0.3) is 22.1 Å². The average Bonchev–Trinajstić information content (AvgIpc) is 2.94. The molecule has 0 atom stereocenters. The standard InChI is InChI=1S/C17H13N5O2.2ClH/c1-10-20-12-5-4-11(9-15(12)24-10)21-17(23)22-14-6-8-18-13-3-2-7-19-16(13)14;;/h2-9H,1H3,(H2,18,21,22,23);2*1H. The van der Waals surface area contributed by atoms with Crippen molar-refractivity contribution < 1.29 is 9.21 Å². The van der Waals surface area contributed by atoms with Crippen molar-refractivity contribution in [2.75, 3.05) is 10.6 Å². The van der Waals surface area contributed by atoms with E-state index in [0.29, 0.717) is 33.9 Å². The van der Waals surface area contributed by atoms with Gasteiger partial charge in [-0.05, 0) is 30.3 Å². The van der Waals surface area contributed by atoms with E-state index in [1.165, 1.54) is 0 Å². The lowest BCUT2D eigenvalue weighted by Gasteiger charge is -2.09. The lowest BCUT2D eigenvalue weighted by atomic mass is 10.3. The van der Waals surface area contributed by atoms with Gasteiger partial charge in [-0.1, -0.05) is 0 Å². The van der Waals surface area contributed by atoms with Gasteiger partial charge in [0, 0.05) is 31.1 Å². The van der Waals surface area contributed by atoms with Gasteiger partial charge < -0.3 is 15.1 Å². The Balaban J connectivity index is 0.00000121. The van der Waals surface area contributed by atoms with Crippen LogP contribution in [0, 0.1) is 6.92 Å². The van der Waals surface area contributed by atoms with Gasteiger partial charge >= 0.3 is 6.03 Å². The molecule has 0 saturated carbocycles. The number of aryl methyl sites for hydroxylation is 1. The molecule has 26 heavy (non-hydrogen) atoms. The lowest BCUT2D eigenvalue weighted by molar-refractivity contribution is 0.262. The molecule has 0 spiro atoms. The second-order valence-electron chi connectivity index (χ2n) is 5.22. The summed E-state index contributed by atoms with van der Waals surface area (Å²) >= 11 is 0. The molecule has 0 aliphatic heterocycles. The Kier molecular flexibility index (Phi) is 5.97. The fourth-order valence-electron chi connectivity index (χ4n) is 2.48. The van der Waals surface area contributed by atoms with Crippen LogP contribution in [0.1, 0.15) is 5.89 Å². The second-order valence-corrected chi connectivity index (χ2v) is 5.22. The quantitative estimate of drug-likeness (QED) is 0.521. The minimum absolute atomic E-state index is 0. The molecule has 1 aromatic carbocycles. The Morgan fingerprint density at radius 1 is 1.00 bits per heavy atom. The van der Waals surface area contributed by atoms with E-state index in [2.05, 4.69) is 25.6 Å². The fraction of sp³-hybridized carbons (Fsp3) is 0.0588. The summed E-state index contributed by atoms with van der Waals surface area (Å²) in [4.78, 5) is 24.9. The number of nitrogens with zero attached hydrogens (tertiary/aromatic N) is 3. The van der Waals surface area contributed by atoms with Crippen molar-refractivity contribution in [1.82, 2.24) is 15.0 Å². The minimum Gasteiger partial charge on any atom is -0.441 e. The van der Waals surface area contributed by atoms with Crippen LogP contribution in [0.15, 0.2) is 53.2 Å². The van der Waals surface area contributed by atoms with Crippen LogP contribution >= 0.6 is 24.8 Å². The van der Waals surface area contributed by atoms with E-state index in [0.717, 1.165) is 5.52 Å². The number of amides is 2. The molecule has 134 valence electrons. The van der Waals surface area contributed by atoms with Gasteiger partial charge in [-0.3, -0.25) is 9.97 Å². The first kappa shape index (κ1) is 19.4. The number of nitrogens with one attached hydrogen (secondary N) is 2. The van der Waals surface area contributed by atoms with Crippen molar-refractivity contribution in [3.05, 3.63) is 54.7 Å². The van der Waals surface area contributed by atoms with E-state index in [-0.39, 0.29) is 30.8 Å². The first-order chi connectivity index (χ1) is 11.7. The summed E-state index contributed by atoms with van der Waals surface area (Å²) < 4.78 is 5.46. The van der Waals surface area contributed by atoms with E-state index in [1.807, 2.05) is 6.07 Å². The number of carbonyl (C=O) groups is 1. The molecule has 3 heterocycles. The van der Waals surface area contributed by atoms with E-state index in [4.69, 9.17) is 4.42 Å². The number of anilines is 2. The molecule has 0 fully saturated rings. The third-order valence-electron chi connectivity index (χ3n) is 3.50. The Labute approximate surface area is 161 Å². The zero-order valence-corrected chi connectivity index (χ0v) is 15.2. The maximum Gasteiger partial charge on any atom is 0.323 e. The second kappa shape index (κ2) is 7.99. The topological polar surface area (TPSA) is 92.9 Å². The Hall–Kier alpha value is -2.90. The van der Waals surface area contributed by atoms with Crippen LogP contribution in [0.3, 0.4) is 0 Å². The number of pyridine rings is 2. The number of hydrogen-bond acceptors (Lipinski definition) is 5. The summed E-state index contributed by atoms with van der Waals surface area (Å²) in [5, 5.41) is 5.56. The SMILES string of the molecule is Cc1nc2ccc(NC(=O)Nc3ccnc4cccnc34)cc2o1.Cl.Cl. The van der Waals surface area contributed by atoms with Gasteiger partial charge in [0.1, 0.15) is 11.0 Å². The van der Waals surface area contributed by atoms with E-state index >= 15 is 0 Å². The van der Waals surface area contributed by atoms with E-state index < -0.39 is 0 Å². The normalized spacial score (nSPS) is 10.0. The number of urea groups is 1. The van der Waals surface area contributed by atoms with Crippen LogP contribution in [0.2, 0.25) is 0 Å². The third kappa shape index (κ3) is 3.84. The van der Waals surface area contributed by atoms with Crippen molar-refractivity contribution in [3.8, 4) is 0 Å². The molecule has 4 aromatic rings. The first-order valence-electron chi connectivity index (χ1n) is 7.34. The van der Waals surface area contributed by atoms with Gasteiger partial charge in [0.25, 0.3) is 0 Å². The summed E-state index contributed by atoms with van der Waals surface area (Å²) in [7, 11) is 0. The summed E-state index contributed by atoms with van der Waals surface area (Å²) in [6, 6.07) is 10.3. The number of halogens is 2. The number of aromatic nitrogens is 3. The molecular weight excluding hydrogens is 377 g/mol. The van der Waals surface area contributed by atoms with Crippen molar-refractivity contribution in [2.45, 2.75) is 6.92 Å². The molecule has 0 saturated heterocycles. The van der Waals surface area contributed by atoms with Crippen molar-refractivity contribution in [2.24, 2.45) is 0 Å². The predicted molar refractivity (Wildman–Crippen MR) is 105 cm³/mol. The first-order valence-corrected chi connectivity index (χ1v) is 7.34. The zero-order chi connectivity index (χ0) is 16.5. The van der Waals surface area contributed by atoms with Crippen LogP contribution in [-0.2, 0) is 0 Å². The molecule has 9 heteroatoms.